The highest BCUT2D eigenvalue weighted by atomic mass is 32.2. The Bertz CT molecular complexity index is 1050. The van der Waals surface area contributed by atoms with Crippen molar-refractivity contribution in [3.05, 3.63) is 65.2 Å². The highest BCUT2D eigenvalue weighted by molar-refractivity contribution is 7.88. The van der Waals surface area contributed by atoms with Crippen molar-refractivity contribution in [2.75, 3.05) is 5.32 Å². The first-order chi connectivity index (χ1) is 14.1. The van der Waals surface area contributed by atoms with Crippen LogP contribution >= 0.6 is 0 Å². The molecule has 3 rings (SSSR count). The molecule has 1 aliphatic heterocycles. The summed E-state index contributed by atoms with van der Waals surface area (Å²) in [4.78, 5) is 27.6. The second-order valence-corrected chi connectivity index (χ2v) is 9.72. The number of nitrogens with two attached hydrogens (primary N) is 1. The molecule has 0 saturated carbocycles. The van der Waals surface area contributed by atoms with E-state index in [1.807, 2.05) is 38.1 Å². The molecule has 0 radical (unpaired) electrons. The summed E-state index contributed by atoms with van der Waals surface area (Å²) in [5.74, 6) is -0.475. The minimum absolute atomic E-state index is 0.0531. The molecule has 0 fully saturated rings. The van der Waals surface area contributed by atoms with Crippen LogP contribution in [-0.2, 0) is 38.3 Å². The first-order valence-corrected chi connectivity index (χ1v) is 11.6. The number of sulfonamides is 1. The van der Waals surface area contributed by atoms with Crippen molar-refractivity contribution in [2.45, 2.75) is 45.0 Å². The molecule has 0 aliphatic carbocycles. The van der Waals surface area contributed by atoms with Crippen molar-refractivity contribution in [2.24, 2.45) is 11.1 Å². The number of rotatable bonds is 6. The number of carbonyl (C=O) groups is 2. The van der Waals surface area contributed by atoms with Crippen molar-refractivity contribution in [3.8, 4) is 0 Å². The van der Waals surface area contributed by atoms with Crippen LogP contribution in [0.15, 0.2) is 48.5 Å². The molecular weight excluding hydrogens is 402 g/mol. The van der Waals surface area contributed by atoms with E-state index in [4.69, 9.17) is 5.14 Å². The van der Waals surface area contributed by atoms with E-state index in [0.717, 1.165) is 11.1 Å². The molecule has 3 N–H and O–H groups in total. The highest BCUT2D eigenvalue weighted by Crippen LogP contribution is 2.26. The molecule has 0 saturated heterocycles. The fourth-order valence-electron chi connectivity index (χ4n) is 3.68. The van der Waals surface area contributed by atoms with Gasteiger partial charge < -0.3 is 10.2 Å². The molecule has 30 heavy (non-hydrogen) atoms. The lowest BCUT2D eigenvalue weighted by atomic mass is 9.92. The molecule has 2 amide bonds. The van der Waals surface area contributed by atoms with Crippen molar-refractivity contribution in [1.29, 1.82) is 0 Å². The van der Waals surface area contributed by atoms with Gasteiger partial charge in [-0.2, -0.15) is 0 Å². The molecule has 2 aromatic carbocycles. The summed E-state index contributed by atoms with van der Waals surface area (Å²) >= 11 is 0. The lowest BCUT2D eigenvalue weighted by Gasteiger charge is -2.36. The van der Waals surface area contributed by atoms with Gasteiger partial charge in [-0.25, -0.2) is 13.6 Å². The Hall–Kier alpha value is -2.71. The third-order valence-electron chi connectivity index (χ3n) is 5.02. The van der Waals surface area contributed by atoms with Crippen LogP contribution in [-0.4, -0.2) is 31.2 Å². The van der Waals surface area contributed by atoms with Crippen LogP contribution in [0.5, 0.6) is 0 Å². The number of amides is 2. The van der Waals surface area contributed by atoms with E-state index in [2.05, 4.69) is 5.32 Å². The fraction of sp³-hybridized carbons (Fsp3) is 0.364. The Morgan fingerprint density at radius 2 is 1.83 bits per heavy atom. The second-order valence-electron chi connectivity index (χ2n) is 8.11. The molecule has 8 heteroatoms. The predicted octanol–water partition coefficient (Wildman–Crippen LogP) is 2.41. The number of primary sulfonamides is 1. The molecule has 2 aromatic rings. The first-order valence-electron chi connectivity index (χ1n) is 9.89. The van der Waals surface area contributed by atoms with Crippen molar-refractivity contribution >= 4 is 27.5 Å². The zero-order valence-electron chi connectivity index (χ0n) is 17.2. The van der Waals surface area contributed by atoms with E-state index >= 15 is 0 Å². The third-order valence-corrected chi connectivity index (χ3v) is 5.75. The maximum Gasteiger partial charge on any atom is 0.247 e. The van der Waals surface area contributed by atoms with Gasteiger partial charge in [-0.1, -0.05) is 50.2 Å². The molecule has 1 heterocycles. The number of carbonyl (C=O) groups excluding carboxylic acids is 2. The van der Waals surface area contributed by atoms with Crippen LogP contribution in [0.3, 0.4) is 0 Å². The smallest absolute Gasteiger partial charge is 0.247 e. The Morgan fingerprint density at radius 1 is 1.13 bits per heavy atom. The van der Waals surface area contributed by atoms with Crippen LogP contribution in [0.2, 0.25) is 0 Å². The first kappa shape index (κ1) is 22.0. The number of hydrogen-bond donors (Lipinski definition) is 2. The van der Waals surface area contributed by atoms with E-state index in [1.165, 1.54) is 0 Å². The van der Waals surface area contributed by atoms with Gasteiger partial charge in [0.1, 0.15) is 6.04 Å². The molecule has 1 atom stereocenters. The van der Waals surface area contributed by atoms with Crippen molar-refractivity contribution in [1.82, 2.24) is 4.90 Å². The maximum atomic E-state index is 13.1. The lowest BCUT2D eigenvalue weighted by molar-refractivity contribution is -0.140. The minimum Gasteiger partial charge on any atom is -0.326 e. The molecule has 1 aliphatic rings. The van der Waals surface area contributed by atoms with Crippen molar-refractivity contribution in [3.63, 3.8) is 0 Å². The van der Waals surface area contributed by atoms with E-state index in [0.29, 0.717) is 30.6 Å². The van der Waals surface area contributed by atoms with Gasteiger partial charge >= 0.3 is 0 Å². The number of benzene rings is 2. The van der Waals surface area contributed by atoms with Gasteiger partial charge in [0, 0.05) is 25.1 Å². The van der Waals surface area contributed by atoms with E-state index < -0.39 is 16.1 Å². The third kappa shape index (κ3) is 5.67. The number of hydrogen-bond acceptors (Lipinski definition) is 4. The molecule has 1 unspecified atom stereocenters. The Labute approximate surface area is 177 Å². The normalized spacial score (nSPS) is 16.3. The lowest BCUT2D eigenvalue weighted by Crippen LogP contribution is -2.50. The molecule has 0 bridgehead atoms. The van der Waals surface area contributed by atoms with Crippen LogP contribution in [0.25, 0.3) is 0 Å². The monoisotopic (exact) mass is 429 g/mol. The zero-order valence-corrected chi connectivity index (χ0v) is 18.0. The molecule has 7 nitrogen and oxygen atoms in total. The van der Waals surface area contributed by atoms with E-state index in [1.54, 1.807) is 29.2 Å². The average molecular weight is 430 g/mol. The Kier molecular flexibility index (Phi) is 6.58. The standard InChI is InChI=1S/C22H27N3O4S/c1-15(2)10-21(26)25-13-18-8-4-3-7-17(18)12-20(25)22(27)24-19-9-5-6-16(11-19)14-30(23,28)29/h3-9,11,15,20H,10,12-14H2,1-2H3,(H,24,27)(H2,23,28,29). The Morgan fingerprint density at radius 3 is 2.50 bits per heavy atom. The molecule has 0 spiro atoms. The number of fused-ring (bicyclic) bond motifs is 1. The summed E-state index contributed by atoms with van der Waals surface area (Å²) in [6, 6.07) is 13.7. The van der Waals surface area contributed by atoms with Gasteiger partial charge in [-0.05, 0) is 34.7 Å². The van der Waals surface area contributed by atoms with Gasteiger partial charge in [-0.15, -0.1) is 0 Å². The number of nitrogens with one attached hydrogen (secondary N) is 1. The van der Waals surface area contributed by atoms with Gasteiger partial charge in [0.25, 0.3) is 0 Å². The minimum atomic E-state index is -3.67. The van der Waals surface area contributed by atoms with Crippen LogP contribution in [0.4, 0.5) is 5.69 Å². The summed E-state index contributed by atoms with van der Waals surface area (Å²) in [6.45, 7) is 4.34. The van der Waals surface area contributed by atoms with Crippen LogP contribution in [0, 0.1) is 5.92 Å². The van der Waals surface area contributed by atoms with Gasteiger partial charge in [-0.3, -0.25) is 9.59 Å². The van der Waals surface area contributed by atoms with Gasteiger partial charge in [0.15, 0.2) is 0 Å². The molecule has 160 valence electrons. The second kappa shape index (κ2) is 8.97. The Balaban J connectivity index is 1.83. The molecular formula is C22H27N3O4S. The largest absolute Gasteiger partial charge is 0.326 e. The van der Waals surface area contributed by atoms with Crippen LogP contribution < -0.4 is 10.5 Å². The SMILES string of the molecule is CC(C)CC(=O)N1Cc2ccccc2CC1C(=O)Nc1cccc(CS(N)(=O)=O)c1. The quantitative estimate of drug-likeness (QED) is 0.735. The van der Waals surface area contributed by atoms with Crippen LogP contribution in [0.1, 0.15) is 37.0 Å². The van der Waals surface area contributed by atoms with E-state index in [-0.39, 0.29) is 23.5 Å². The highest BCUT2D eigenvalue weighted by Gasteiger charge is 2.34. The topological polar surface area (TPSA) is 110 Å². The maximum absolute atomic E-state index is 13.1. The summed E-state index contributed by atoms with van der Waals surface area (Å²) in [5.41, 5.74) is 3.05. The van der Waals surface area contributed by atoms with Gasteiger partial charge in [0.2, 0.25) is 21.8 Å². The average Bonchev–Trinajstić information content (AvgIpc) is 2.65. The summed E-state index contributed by atoms with van der Waals surface area (Å²) in [5, 5.41) is 7.95. The number of anilines is 1. The van der Waals surface area contributed by atoms with Gasteiger partial charge in [0.05, 0.1) is 5.75 Å². The summed E-state index contributed by atoms with van der Waals surface area (Å²) < 4.78 is 22.7. The number of nitrogens with zero attached hydrogens (tertiary/aromatic N) is 1. The molecule has 0 aromatic heterocycles. The summed E-state index contributed by atoms with van der Waals surface area (Å²) in [6.07, 6.45) is 0.804. The zero-order chi connectivity index (χ0) is 21.9. The summed E-state index contributed by atoms with van der Waals surface area (Å²) in [7, 11) is -3.67. The fourth-order valence-corrected chi connectivity index (χ4v) is 4.33. The predicted molar refractivity (Wildman–Crippen MR) is 116 cm³/mol. The van der Waals surface area contributed by atoms with Crippen molar-refractivity contribution < 1.29 is 18.0 Å². The van der Waals surface area contributed by atoms with E-state index in [9.17, 15) is 18.0 Å².